The minimum absolute atomic E-state index is 0.200. The third kappa shape index (κ3) is 1.90. The molecule has 1 heterocycles. The number of aromatic nitrogens is 1. The number of aliphatic hydroxyl groups is 1. The summed E-state index contributed by atoms with van der Waals surface area (Å²) >= 11 is 4.96. The van der Waals surface area contributed by atoms with Crippen LogP contribution >= 0.6 is 27.3 Å². The molecule has 0 atom stereocenters. The number of fused-ring (bicyclic) bond motifs is 1. The van der Waals surface area contributed by atoms with Crippen LogP contribution in [0, 0.1) is 0 Å². The molecule has 2 aromatic rings. The van der Waals surface area contributed by atoms with Crippen LogP contribution in [0.25, 0.3) is 10.2 Å². The van der Waals surface area contributed by atoms with Crippen molar-refractivity contribution in [2.75, 3.05) is 6.61 Å². The van der Waals surface area contributed by atoms with E-state index in [2.05, 4.69) is 27.0 Å². The fraction of sp³-hybridized carbons (Fsp3) is 0.222. The zero-order valence-corrected chi connectivity index (χ0v) is 9.23. The Morgan fingerprint density at radius 1 is 1.46 bits per heavy atom. The second kappa shape index (κ2) is 3.74. The number of thiazole rings is 1. The van der Waals surface area contributed by atoms with Gasteiger partial charge in [-0.2, -0.15) is 0 Å². The zero-order chi connectivity index (χ0) is 9.26. The molecule has 0 saturated carbocycles. The fourth-order valence-electron chi connectivity index (χ4n) is 1.23. The van der Waals surface area contributed by atoms with E-state index in [4.69, 9.17) is 5.11 Å². The van der Waals surface area contributed by atoms with Crippen LogP contribution in [-0.4, -0.2) is 16.7 Å². The number of rotatable bonds is 2. The van der Waals surface area contributed by atoms with Crippen molar-refractivity contribution >= 4 is 37.5 Å². The second-order valence-corrected chi connectivity index (χ2v) is 5.05. The highest BCUT2D eigenvalue weighted by Gasteiger charge is 2.01. The summed E-state index contributed by atoms with van der Waals surface area (Å²) in [4.78, 5) is 4.29. The van der Waals surface area contributed by atoms with E-state index >= 15 is 0 Å². The van der Waals surface area contributed by atoms with E-state index in [0.717, 1.165) is 19.7 Å². The summed E-state index contributed by atoms with van der Waals surface area (Å²) in [5.74, 6) is 0. The SMILES string of the molecule is OCCc1ccc2nc(Br)sc2c1. The summed E-state index contributed by atoms with van der Waals surface area (Å²) in [6.07, 6.45) is 0.714. The van der Waals surface area contributed by atoms with Gasteiger partial charge in [0.15, 0.2) is 3.92 Å². The van der Waals surface area contributed by atoms with Crippen molar-refractivity contribution in [2.45, 2.75) is 6.42 Å². The summed E-state index contributed by atoms with van der Waals surface area (Å²) in [5, 5.41) is 8.78. The van der Waals surface area contributed by atoms with Gasteiger partial charge in [-0.25, -0.2) is 4.98 Å². The molecule has 0 aliphatic carbocycles. The average molecular weight is 258 g/mol. The Morgan fingerprint density at radius 2 is 2.31 bits per heavy atom. The standard InChI is InChI=1S/C9H8BrNOS/c10-9-11-7-2-1-6(3-4-12)5-8(7)13-9/h1-2,5,12H,3-4H2. The second-order valence-electron chi connectivity index (χ2n) is 2.74. The molecule has 68 valence electrons. The van der Waals surface area contributed by atoms with E-state index in [1.165, 1.54) is 0 Å². The summed E-state index contributed by atoms with van der Waals surface area (Å²) in [6.45, 7) is 0.200. The molecule has 0 fully saturated rings. The molecule has 0 amide bonds. The highest BCUT2D eigenvalue weighted by molar-refractivity contribution is 9.11. The summed E-state index contributed by atoms with van der Waals surface area (Å²) in [7, 11) is 0. The zero-order valence-electron chi connectivity index (χ0n) is 6.83. The van der Waals surface area contributed by atoms with E-state index in [9.17, 15) is 0 Å². The first-order valence-electron chi connectivity index (χ1n) is 3.95. The van der Waals surface area contributed by atoms with Gasteiger partial charge in [0.2, 0.25) is 0 Å². The highest BCUT2D eigenvalue weighted by Crippen LogP contribution is 2.26. The molecular weight excluding hydrogens is 250 g/mol. The molecule has 4 heteroatoms. The first-order chi connectivity index (χ1) is 6.29. The molecule has 0 bridgehead atoms. The van der Waals surface area contributed by atoms with Crippen LogP contribution in [0.4, 0.5) is 0 Å². The molecule has 0 spiro atoms. The largest absolute Gasteiger partial charge is 0.396 e. The van der Waals surface area contributed by atoms with Crippen molar-refractivity contribution < 1.29 is 5.11 Å². The Morgan fingerprint density at radius 3 is 3.08 bits per heavy atom. The monoisotopic (exact) mass is 257 g/mol. The number of hydrogen-bond donors (Lipinski definition) is 1. The fourth-order valence-corrected chi connectivity index (χ4v) is 2.69. The van der Waals surface area contributed by atoms with E-state index in [1.807, 2.05) is 12.1 Å². The van der Waals surface area contributed by atoms with E-state index in [0.29, 0.717) is 6.42 Å². The Balaban J connectivity index is 2.48. The quantitative estimate of drug-likeness (QED) is 0.898. The van der Waals surface area contributed by atoms with Gasteiger partial charge >= 0.3 is 0 Å². The maximum absolute atomic E-state index is 8.78. The van der Waals surface area contributed by atoms with Crippen LogP contribution < -0.4 is 0 Å². The van der Waals surface area contributed by atoms with Crippen molar-refractivity contribution in [3.63, 3.8) is 0 Å². The number of aliphatic hydroxyl groups excluding tert-OH is 1. The number of nitrogens with zero attached hydrogens (tertiary/aromatic N) is 1. The van der Waals surface area contributed by atoms with E-state index < -0.39 is 0 Å². The van der Waals surface area contributed by atoms with Crippen molar-refractivity contribution in [3.05, 3.63) is 27.7 Å². The molecule has 0 saturated heterocycles. The molecule has 1 aromatic heterocycles. The predicted molar refractivity (Wildman–Crippen MR) is 58.1 cm³/mol. The van der Waals surface area contributed by atoms with Crippen LogP contribution in [0.5, 0.6) is 0 Å². The third-order valence-electron chi connectivity index (χ3n) is 1.83. The Kier molecular flexibility index (Phi) is 2.62. The van der Waals surface area contributed by atoms with Gasteiger partial charge < -0.3 is 5.11 Å². The minimum atomic E-state index is 0.200. The van der Waals surface area contributed by atoms with E-state index in [-0.39, 0.29) is 6.61 Å². The third-order valence-corrected chi connectivity index (χ3v) is 3.30. The van der Waals surface area contributed by atoms with Gasteiger partial charge in [0.25, 0.3) is 0 Å². The molecule has 0 aliphatic rings. The molecular formula is C9H8BrNOS. The van der Waals surface area contributed by atoms with Gasteiger partial charge in [-0.3, -0.25) is 0 Å². The van der Waals surface area contributed by atoms with Gasteiger partial charge in [-0.05, 0) is 40.0 Å². The maximum atomic E-state index is 8.78. The van der Waals surface area contributed by atoms with Crippen LogP contribution in [0.1, 0.15) is 5.56 Å². The average Bonchev–Trinajstić information content (AvgIpc) is 2.44. The Bertz CT molecular complexity index is 426. The molecule has 13 heavy (non-hydrogen) atoms. The number of hydrogen-bond acceptors (Lipinski definition) is 3. The van der Waals surface area contributed by atoms with Crippen molar-refractivity contribution in [3.8, 4) is 0 Å². The minimum Gasteiger partial charge on any atom is -0.396 e. The molecule has 0 radical (unpaired) electrons. The van der Waals surface area contributed by atoms with Gasteiger partial charge in [0.05, 0.1) is 10.2 Å². The smallest absolute Gasteiger partial charge is 0.160 e. The van der Waals surface area contributed by atoms with Gasteiger partial charge in [0, 0.05) is 6.61 Å². The van der Waals surface area contributed by atoms with Gasteiger partial charge in [-0.1, -0.05) is 6.07 Å². The molecule has 2 nitrogen and oxygen atoms in total. The summed E-state index contributed by atoms with van der Waals surface area (Å²) in [6, 6.07) is 6.07. The Hall–Kier alpha value is -0.450. The van der Waals surface area contributed by atoms with Gasteiger partial charge in [0.1, 0.15) is 0 Å². The first kappa shape index (κ1) is 9.12. The van der Waals surface area contributed by atoms with Crippen LogP contribution in [0.2, 0.25) is 0 Å². The van der Waals surface area contributed by atoms with Crippen LogP contribution in [0.3, 0.4) is 0 Å². The van der Waals surface area contributed by atoms with Crippen molar-refractivity contribution in [1.82, 2.24) is 4.98 Å². The molecule has 2 rings (SSSR count). The lowest BCUT2D eigenvalue weighted by atomic mass is 10.1. The highest BCUT2D eigenvalue weighted by atomic mass is 79.9. The van der Waals surface area contributed by atoms with Crippen LogP contribution in [-0.2, 0) is 6.42 Å². The molecule has 1 N–H and O–H groups in total. The lowest BCUT2D eigenvalue weighted by Gasteiger charge is -1.96. The maximum Gasteiger partial charge on any atom is 0.160 e. The lowest BCUT2D eigenvalue weighted by Crippen LogP contribution is -1.88. The summed E-state index contributed by atoms with van der Waals surface area (Å²) in [5.41, 5.74) is 2.17. The topological polar surface area (TPSA) is 33.1 Å². The lowest BCUT2D eigenvalue weighted by molar-refractivity contribution is 0.299. The van der Waals surface area contributed by atoms with Crippen molar-refractivity contribution in [2.24, 2.45) is 0 Å². The van der Waals surface area contributed by atoms with Crippen molar-refractivity contribution in [1.29, 1.82) is 0 Å². The number of halogens is 1. The molecule has 0 aliphatic heterocycles. The Labute approximate surface area is 88.4 Å². The predicted octanol–water partition coefficient (Wildman–Crippen LogP) is 2.59. The van der Waals surface area contributed by atoms with Crippen LogP contribution in [0.15, 0.2) is 22.1 Å². The molecule has 1 aromatic carbocycles. The first-order valence-corrected chi connectivity index (χ1v) is 5.56. The normalized spacial score (nSPS) is 10.9. The molecule has 0 unspecified atom stereocenters. The van der Waals surface area contributed by atoms with Gasteiger partial charge in [-0.15, -0.1) is 11.3 Å². The number of benzene rings is 1. The summed E-state index contributed by atoms with van der Waals surface area (Å²) < 4.78 is 2.07. The van der Waals surface area contributed by atoms with E-state index in [1.54, 1.807) is 11.3 Å².